The molecule has 1 aromatic carbocycles. The molecule has 0 aliphatic rings. The highest BCUT2D eigenvalue weighted by molar-refractivity contribution is 5.93. The highest BCUT2D eigenvalue weighted by Crippen LogP contribution is 2.08. The smallest absolute Gasteiger partial charge is 0.270 e. The molecule has 2 N–H and O–H groups in total. The minimum Gasteiger partial charge on any atom is -0.354 e. The summed E-state index contributed by atoms with van der Waals surface area (Å²) in [6, 6.07) is 12.1. The molecule has 5 heteroatoms. The number of anilines is 1. The lowest BCUT2D eigenvalue weighted by molar-refractivity contribution is 0.0914. The van der Waals surface area contributed by atoms with Crippen molar-refractivity contribution in [2.75, 3.05) is 11.9 Å². The van der Waals surface area contributed by atoms with Crippen LogP contribution in [0.3, 0.4) is 0 Å². The van der Waals surface area contributed by atoms with E-state index in [1.807, 2.05) is 45.9 Å². The van der Waals surface area contributed by atoms with E-state index < -0.39 is 0 Å². The summed E-state index contributed by atoms with van der Waals surface area (Å²) in [4.78, 5) is 20.9. The number of rotatable bonds is 6. The van der Waals surface area contributed by atoms with E-state index in [-0.39, 0.29) is 11.4 Å². The first-order valence-corrected chi connectivity index (χ1v) is 8.29. The van der Waals surface area contributed by atoms with Crippen LogP contribution in [0.1, 0.15) is 48.9 Å². The fourth-order valence-corrected chi connectivity index (χ4v) is 2.31. The van der Waals surface area contributed by atoms with Gasteiger partial charge >= 0.3 is 0 Å². The number of benzene rings is 1. The van der Waals surface area contributed by atoms with Crippen molar-refractivity contribution in [2.45, 2.75) is 46.1 Å². The molecule has 24 heavy (non-hydrogen) atoms. The Bertz CT molecular complexity index is 678. The number of nitrogens with zero attached hydrogens (tertiary/aromatic N) is 2. The average molecular weight is 326 g/mol. The SMILES string of the molecule is Cc1cc(C(=O)NC(C)(C)C)nc(NCCCc2ccccc2)n1. The van der Waals surface area contributed by atoms with Crippen molar-refractivity contribution in [2.24, 2.45) is 0 Å². The molecule has 0 radical (unpaired) electrons. The molecular weight excluding hydrogens is 300 g/mol. The molecule has 0 aliphatic carbocycles. The molecule has 1 aromatic heterocycles. The summed E-state index contributed by atoms with van der Waals surface area (Å²) in [6.07, 6.45) is 1.97. The lowest BCUT2D eigenvalue weighted by Gasteiger charge is -2.20. The summed E-state index contributed by atoms with van der Waals surface area (Å²) in [5.74, 6) is 0.322. The molecule has 0 saturated carbocycles. The second-order valence-corrected chi connectivity index (χ2v) is 6.94. The van der Waals surface area contributed by atoms with Crippen LogP contribution >= 0.6 is 0 Å². The first kappa shape index (κ1) is 17.9. The van der Waals surface area contributed by atoms with Crippen molar-refractivity contribution < 1.29 is 4.79 Å². The molecule has 1 amide bonds. The van der Waals surface area contributed by atoms with E-state index in [4.69, 9.17) is 0 Å². The molecule has 0 atom stereocenters. The second-order valence-electron chi connectivity index (χ2n) is 6.94. The Morgan fingerprint density at radius 2 is 1.83 bits per heavy atom. The number of aromatic nitrogens is 2. The summed E-state index contributed by atoms with van der Waals surface area (Å²) in [5, 5.41) is 6.13. The van der Waals surface area contributed by atoms with Gasteiger partial charge in [-0.2, -0.15) is 0 Å². The minimum atomic E-state index is -0.292. The highest BCUT2D eigenvalue weighted by Gasteiger charge is 2.17. The van der Waals surface area contributed by atoms with Gasteiger partial charge in [-0.1, -0.05) is 30.3 Å². The van der Waals surface area contributed by atoms with Gasteiger partial charge in [-0.15, -0.1) is 0 Å². The van der Waals surface area contributed by atoms with Crippen molar-refractivity contribution in [1.82, 2.24) is 15.3 Å². The second kappa shape index (κ2) is 7.90. The summed E-state index contributed by atoms with van der Waals surface area (Å²) >= 11 is 0. The van der Waals surface area contributed by atoms with Gasteiger partial charge in [0.2, 0.25) is 5.95 Å². The van der Waals surface area contributed by atoms with Crippen molar-refractivity contribution in [3.63, 3.8) is 0 Å². The van der Waals surface area contributed by atoms with Crippen LogP contribution in [0.2, 0.25) is 0 Å². The van der Waals surface area contributed by atoms with Crippen LogP contribution in [0.25, 0.3) is 0 Å². The van der Waals surface area contributed by atoms with Crippen LogP contribution in [0.4, 0.5) is 5.95 Å². The molecule has 0 saturated heterocycles. The Morgan fingerprint density at radius 1 is 1.12 bits per heavy atom. The minimum absolute atomic E-state index is 0.180. The zero-order chi connectivity index (χ0) is 17.6. The zero-order valence-electron chi connectivity index (χ0n) is 14.9. The molecule has 2 aromatic rings. The number of nitrogens with one attached hydrogen (secondary N) is 2. The van der Waals surface area contributed by atoms with Crippen LogP contribution in [0.5, 0.6) is 0 Å². The zero-order valence-corrected chi connectivity index (χ0v) is 14.9. The van der Waals surface area contributed by atoms with Gasteiger partial charge in [0.1, 0.15) is 5.69 Å². The molecule has 128 valence electrons. The van der Waals surface area contributed by atoms with E-state index in [1.54, 1.807) is 6.07 Å². The molecular formula is C19H26N4O. The Labute approximate surface area is 143 Å². The van der Waals surface area contributed by atoms with Gasteiger partial charge in [0.25, 0.3) is 5.91 Å². The van der Waals surface area contributed by atoms with E-state index >= 15 is 0 Å². The van der Waals surface area contributed by atoms with Crippen LogP contribution in [-0.2, 0) is 6.42 Å². The normalized spacial score (nSPS) is 11.2. The Kier molecular flexibility index (Phi) is 5.90. The fraction of sp³-hybridized carbons (Fsp3) is 0.421. The number of hydrogen-bond acceptors (Lipinski definition) is 4. The van der Waals surface area contributed by atoms with Crippen molar-refractivity contribution >= 4 is 11.9 Å². The van der Waals surface area contributed by atoms with Crippen molar-refractivity contribution in [3.05, 3.63) is 53.3 Å². The van der Waals surface area contributed by atoms with Crippen molar-refractivity contribution in [3.8, 4) is 0 Å². The molecule has 0 spiro atoms. The van der Waals surface area contributed by atoms with E-state index in [1.165, 1.54) is 5.56 Å². The predicted molar refractivity (Wildman–Crippen MR) is 97.2 cm³/mol. The predicted octanol–water partition coefficient (Wildman–Crippen LogP) is 3.36. The number of carbonyl (C=O) groups is 1. The lowest BCUT2D eigenvalue weighted by atomic mass is 10.1. The maximum Gasteiger partial charge on any atom is 0.270 e. The summed E-state index contributed by atoms with van der Waals surface area (Å²) in [7, 11) is 0. The van der Waals surface area contributed by atoms with Crippen molar-refractivity contribution in [1.29, 1.82) is 0 Å². The quantitative estimate of drug-likeness (QED) is 0.799. The fourth-order valence-electron chi connectivity index (χ4n) is 2.31. The Hall–Kier alpha value is -2.43. The molecule has 2 rings (SSSR count). The van der Waals surface area contributed by atoms with E-state index in [9.17, 15) is 4.79 Å². The Morgan fingerprint density at radius 3 is 2.50 bits per heavy atom. The molecule has 0 fully saturated rings. The molecule has 1 heterocycles. The lowest BCUT2D eigenvalue weighted by Crippen LogP contribution is -2.41. The summed E-state index contributed by atoms with van der Waals surface area (Å²) in [6.45, 7) is 8.47. The van der Waals surface area contributed by atoms with Gasteiger partial charge in [-0.3, -0.25) is 4.79 Å². The summed E-state index contributed by atoms with van der Waals surface area (Å²) in [5.41, 5.74) is 2.19. The molecule has 0 aliphatic heterocycles. The molecule has 0 unspecified atom stereocenters. The van der Waals surface area contributed by atoms with Crippen LogP contribution in [0.15, 0.2) is 36.4 Å². The van der Waals surface area contributed by atoms with E-state index in [0.717, 1.165) is 25.1 Å². The number of hydrogen-bond donors (Lipinski definition) is 2. The van der Waals surface area contributed by atoms with E-state index in [2.05, 4.69) is 32.7 Å². The first-order chi connectivity index (χ1) is 11.3. The number of aryl methyl sites for hydroxylation is 2. The first-order valence-electron chi connectivity index (χ1n) is 8.29. The van der Waals surface area contributed by atoms with Gasteiger partial charge in [-0.05, 0) is 52.2 Å². The Balaban J connectivity index is 1.92. The molecule has 5 nitrogen and oxygen atoms in total. The third kappa shape index (κ3) is 5.99. The third-order valence-electron chi connectivity index (χ3n) is 3.34. The van der Waals surface area contributed by atoms with Gasteiger partial charge < -0.3 is 10.6 Å². The maximum absolute atomic E-state index is 12.3. The largest absolute Gasteiger partial charge is 0.354 e. The van der Waals surface area contributed by atoms with Gasteiger partial charge in [0, 0.05) is 17.8 Å². The van der Waals surface area contributed by atoms with Gasteiger partial charge in [0.15, 0.2) is 0 Å². The third-order valence-corrected chi connectivity index (χ3v) is 3.34. The molecule has 0 bridgehead atoms. The standard InChI is InChI=1S/C19H26N4O/c1-14-13-16(17(24)23-19(2,3)4)22-18(21-14)20-12-8-11-15-9-6-5-7-10-15/h5-7,9-10,13H,8,11-12H2,1-4H3,(H,23,24)(H,20,21,22). The average Bonchev–Trinajstić information content (AvgIpc) is 2.50. The topological polar surface area (TPSA) is 66.9 Å². The highest BCUT2D eigenvalue weighted by atomic mass is 16.2. The van der Waals surface area contributed by atoms with Crippen LogP contribution < -0.4 is 10.6 Å². The van der Waals surface area contributed by atoms with Gasteiger partial charge in [-0.25, -0.2) is 9.97 Å². The number of carbonyl (C=O) groups excluding carboxylic acids is 1. The number of amides is 1. The van der Waals surface area contributed by atoms with E-state index in [0.29, 0.717) is 11.6 Å². The van der Waals surface area contributed by atoms with Gasteiger partial charge in [0.05, 0.1) is 0 Å². The summed E-state index contributed by atoms with van der Waals surface area (Å²) < 4.78 is 0. The maximum atomic E-state index is 12.3. The van der Waals surface area contributed by atoms with Crippen LogP contribution in [-0.4, -0.2) is 28.0 Å². The monoisotopic (exact) mass is 326 g/mol. The van der Waals surface area contributed by atoms with Crippen LogP contribution in [0, 0.1) is 6.92 Å².